The monoisotopic (exact) mass is 401 g/mol. The summed E-state index contributed by atoms with van der Waals surface area (Å²) in [4.78, 5) is 15.3. The molecule has 0 unspecified atom stereocenters. The molecule has 1 aromatic heterocycles. The van der Waals surface area contributed by atoms with E-state index in [1.54, 1.807) is 18.2 Å². The number of hydrogen-bond donors (Lipinski definition) is 1. The van der Waals surface area contributed by atoms with Crippen LogP contribution < -0.4 is 9.47 Å². The minimum absolute atomic E-state index is 0.0832. The molecule has 0 fully saturated rings. The summed E-state index contributed by atoms with van der Waals surface area (Å²) < 4.78 is 59.9. The number of methoxy groups -OCH3 is 1. The van der Waals surface area contributed by atoms with Crippen LogP contribution in [-0.2, 0) is 6.42 Å². The number of H-pyrrole nitrogens is 1. The Morgan fingerprint density at radius 1 is 1.19 bits per heavy atom. The van der Waals surface area contributed by atoms with Gasteiger partial charge in [0.2, 0.25) is 0 Å². The number of benzene rings is 2. The standard InChI is InChI=1S/C18H12ClF4NO3/c1-26-16-5-10(19)3-2-9(16)4-15(25)12-8-24-14-7-13(20)17(6-11(12)14)27-18(21,22)23/h2-3,5-8,24H,4H2,1H3. The molecule has 2 aromatic carbocycles. The van der Waals surface area contributed by atoms with Gasteiger partial charge in [0.05, 0.1) is 7.11 Å². The first kappa shape index (κ1) is 19.0. The smallest absolute Gasteiger partial charge is 0.496 e. The van der Waals surface area contributed by atoms with E-state index in [9.17, 15) is 22.4 Å². The third-order valence-corrected chi connectivity index (χ3v) is 4.10. The number of Topliss-reactive ketones (excluding diaryl/α,β-unsaturated/α-hetero) is 1. The number of aromatic nitrogens is 1. The molecular formula is C18H12ClF4NO3. The van der Waals surface area contributed by atoms with Gasteiger partial charge in [0, 0.05) is 45.7 Å². The van der Waals surface area contributed by atoms with Crippen LogP contribution in [0.3, 0.4) is 0 Å². The van der Waals surface area contributed by atoms with Gasteiger partial charge < -0.3 is 14.5 Å². The lowest BCUT2D eigenvalue weighted by Gasteiger charge is -2.10. The van der Waals surface area contributed by atoms with Crippen molar-refractivity contribution in [2.45, 2.75) is 12.8 Å². The van der Waals surface area contributed by atoms with Crippen molar-refractivity contribution in [1.82, 2.24) is 4.98 Å². The summed E-state index contributed by atoms with van der Waals surface area (Å²) in [6.45, 7) is 0. The van der Waals surface area contributed by atoms with E-state index in [-0.39, 0.29) is 22.9 Å². The molecule has 9 heteroatoms. The van der Waals surface area contributed by atoms with Crippen LogP contribution in [-0.4, -0.2) is 24.2 Å². The maximum atomic E-state index is 13.8. The molecule has 27 heavy (non-hydrogen) atoms. The molecule has 0 spiro atoms. The van der Waals surface area contributed by atoms with Crippen molar-refractivity contribution < 1.29 is 31.8 Å². The van der Waals surface area contributed by atoms with Gasteiger partial charge in [-0.1, -0.05) is 17.7 Å². The minimum Gasteiger partial charge on any atom is -0.496 e. The molecule has 0 amide bonds. The van der Waals surface area contributed by atoms with E-state index in [1.165, 1.54) is 13.3 Å². The zero-order valence-electron chi connectivity index (χ0n) is 13.8. The van der Waals surface area contributed by atoms with Crippen LogP contribution in [0.1, 0.15) is 15.9 Å². The minimum atomic E-state index is -5.05. The van der Waals surface area contributed by atoms with Gasteiger partial charge in [0.1, 0.15) is 5.75 Å². The van der Waals surface area contributed by atoms with Gasteiger partial charge in [-0.2, -0.15) is 0 Å². The van der Waals surface area contributed by atoms with Crippen molar-refractivity contribution in [2.75, 3.05) is 7.11 Å². The SMILES string of the molecule is COc1cc(Cl)ccc1CC(=O)c1c[nH]c2cc(F)c(OC(F)(F)F)cc12. The molecule has 0 saturated carbocycles. The maximum Gasteiger partial charge on any atom is 0.573 e. The van der Waals surface area contributed by atoms with E-state index in [0.717, 1.165) is 12.1 Å². The van der Waals surface area contributed by atoms with E-state index in [1.807, 2.05) is 0 Å². The van der Waals surface area contributed by atoms with Gasteiger partial charge in [-0.05, 0) is 18.2 Å². The number of aromatic amines is 1. The van der Waals surface area contributed by atoms with Gasteiger partial charge in [0.25, 0.3) is 0 Å². The topological polar surface area (TPSA) is 51.3 Å². The number of ether oxygens (including phenoxy) is 2. The Labute approximate surface area is 155 Å². The average Bonchev–Trinajstić information content (AvgIpc) is 2.98. The van der Waals surface area contributed by atoms with Gasteiger partial charge in [-0.15, -0.1) is 13.2 Å². The summed E-state index contributed by atoms with van der Waals surface area (Å²) in [6.07, 6.45) is -3.82. The highest BCUT2D eigenvalue weighted by Crippen LogP contribution is 2.32. The number of alkyl halides is 3. The van der Waals surface area contributed by atoms with Crippen molar-refractivity contribution in [3.8, 4) is 11.5 Å². The van der Waals surface area contributed by atoms with Gasteiger partial charge in [-0.25, -0.2) is 4.39 Å². The van der Waals surface area contributed by atoms with E-state index in [2.05, 4.69) is 9.72 Å². The number of halogens is 5. The third kappa shape index (κ3) is 4.16. The molecule has 142 valence electrons. The first-order chi connectivity index (χ1) is 12.7. The van der Waals surface area contributed by atoms with Crippen molar-refractivity contribution >= 4 is 28.3 Å². The van der Waals surface area contributed by atoms with Gasteiger partial charge >= 0.3 is 6.36 Å². The highest BCUT2D eigenvalue weighted by atomic mass is 35.5. The molecule has 0 aliphatic rings. The molecule has 0 bridgehead atoms. The molecule has 0 aliphatic heterocycles. The highest BCUT2D eigenvalue weighted by Gasteiger charge is 2.33. The van der Waals surface area contributed by atoms with E-state index >= 15 is 0 Å². The van der Waals surface area contributed by atoms with Crippen LogP contribution in [0.4, 0.5) is 17.6 Å². The summed E-state index contributed by atoms with van der Waals surface area (Å²) in [7, 11) is 1.43. The fourth-order valence-electron chi connectivity index (χ4n) is 2.69. The Kier molecular flexibility index (Phi) is 5.01. The summed E-state index contributed by atoms with van der Waals surface area (Å²) in [5, 5.41) is 0.549. The number of nitrogens with one attached hydrogen (secondary N) is 1. The molecule has 3 rings (SSSR count). The van der Waals surface area contributed by atoms with Crippen molar-refractivity contribution in [3.63, 3.8) is 0 Å². The average molecular weight is 402 g/mol. The van der Waals surface area contributed by atoms with Crippen molar-refractivity contribution in [2.24, 2.45) is 0 Å². The van der Waals surface area contributed by atoms with E-state index < -0.39 is 23.7 Å². The number of fused-ring (bicyclic) bond motifs is 1. The fraction of sp³-hybridized carbons (Fsp3) is 0.167. The van der Waals surface area contributed by atoms with Crippen LogP contribution in [0, 0.1) is 5.82 Å². The largest absolute Gasteiger partial charge is 0.573 e. The first-order valence-electron chi connectivity index (χ1n) is 7.60. The summed E-state index contributed by atoms with van der Waals surface area (Å²) >= 11 is 5.88. The molecule has 1 N–H and O–H groups in total. The van der Waals surface area contributed by atoms with Crippen molar-refractivity contribution in [3.05, 3.63) is 58.5 Å². The second kappa shape index (κ2) is 7.11. The van der Waals surface area contributed by atoms with Crippen LogP contribution in [0.25, 0.3) is 10.9 Å². The fourth-order valence-corrected chi connectivity index (χ4v) is 2.85. The maximum absolute atomic E-state index is 13.8. The van der Waals surface area contributed by atoms with Crippen molar-refractivity contribution in [1.29, 1.82) is 0 Å². The lowest BCUT2D eigenvalue weighted by molar-refractivity contribution is -0.275. The van der Waals surface area contributed by atoms with Crippen LogP contribution >= 0.6 is 11.6 Å². The molecule has 0 atom stereocenters. The lowest BCUT2D eigenvalue weighted by atomic mass is 10.0. The Bertz CT molecular complexity index is 1010. The first-order valence-corrected chi connectivity index (χ1v) is 7.97. The Morgan fingerprint density at radius 2 is 1.93 bits per heavy atom. The van der Waals surface area contributed by atoms with E-state index in [4.69, 9.17) is 16.3 Å². The number of hydrogen-bond acceptors (Lipinski definition) is 3. The van der Waals surface area contributed by atoms with E-state index in [0.29, 0.717) is 16.3 Å². The molecule has 1 heterocycles. The second-order valence-electron chi connectivity index (χ2n) is 5.63. The molecular weight excluding hydrogens is 390 g/mol. The quantitative estimate of drug-likeness (QED) is 0.466. The van der Waals surface area contributed by atoms with Crippen LogP contribution in [0.15, 0.2) is 36.5 Å². The molecule has 0 radical (unpaired) electrons. The number of rotatable bonds is 5. The molecule has 4 nitrogen and oxygen atoms in total. The van der Waals surface area contributed by atoms with Crippen LogP contribution in [0.5, 0.6) is 11.5 Å². The highest BCUT2D eigenvalue weighted by molar-refractivity contribution is 6.30. The molecule has 3 aromatic rings. The summed E-state index contributed by atoms with van der Waals surface area (Å²) in [6, 6.07) is 6.44. The number of ketones is 1. The normalized spacial score (nSPS) is 11.6. The third-order valence-electron chi connectivity index (χ3n) is 3.86. The Balaban J connectivity index is 1.97. The van der Waals surface area contributed by atoms with Crippen LogP contribution in [0.2, 0.25) is 5.02 Å². The van der Waals surface area contributed by atoms with Gasteiger partial charge in [0.15, 0.2) is 17.3 Å². The molecule has 0 aliphatic carbocycles. The predicted molar refractivity (Wildman–Crippen MR) is 91.0 cm³/mol. The summed E-state index contributed by atoms with van der Waals surface area (Å²) in [5.41, 5.74) is 0.831. The second-order valence-corrected chi connectivity index (χ2v) is 6.07. The molecule has 0 saturated heterocycles. The zero-order chi connectivity index (χ0) is 19.8. The predicted octanol–water partition coefficient (Wildman–Crippen LogP) is 5.29. The van der Waals surface area contributed by atoms with Gasteiger partial charge in [-0.3, -0.25) is 4.79 Å². The Morgan fingerprint density at radius 3 is 2.59 bits per heavy atom. The zero-order valence-corrected chi connectivity index (χ0v) is 14.5. The number of carbonyl (C=O) groups is 1. The Hall–Kier alpha value is -2.74. The lowest BCUT2D eigenvalue weighted by Crippen LogP contribution is -2.18. The summed E-state index contributed by atoms with van der Waals surface area (Å²) in [5.74, 6) is -2.19. The number of carbonyl (C=O) groups excluding carboxylic acids is 1.